The van der Waals surface area contributed by atoms with Crippen LogP contribution in [0.1, 0.15) is 20.8 Å². The molecule has 4 heterocycles. The van der Waals surface area contributed by atoms with E-state index in [2.05, 4.69) is 46.1 Å². The number of pyridine rings is 1. The molecule has 1 N–H and O–H groups in total. The van der Waals surface area contributed by atoms with Gasteiger partial charge >= 0.3 is 0 Å². The van der Waals surface area contributed by atoms with Crippen LogP contribution in [0.3, 0.4) is 0 Å². The summed E-state index contributed by atoms with van der Waals surface area (Å²) < 4.78 is 7.78. The standard InChI is InChI=1S/C22H20N6O/c1-22(2,3)26-20-15(21-25-17-6-4-5-7-18(17)29-21)12-14(13-24-20)16-8-9-19-23-10-11-28(19)27-16/h4-13H,1-3H3,(H,24,26). The van der Waals surface area contributed by atoms with E-state index < -0.39 is 0 Å². The van der Waals surface area contributed by atoms with Gasteiger partial charge in [0.25, 0.3) is 0 Å². The normalized spacial score (nSPS) is 12.0. The highest BCUT2D eigenvalue weighted by atomic mass is 16.3. The first-order valence-corrected chi connectivity index (χ1v) is 9.41. The van der Waals surface area contributed by atoms with E-state index in [0.717, 1.165) is 39.4 Å². The third-order valence-corrected chi connectivity index (χ3v) is 4.46. The van der Waals surface area contributed by atoms with Gasteiger partial charge in [0.15, 0.2) is 11.2 Å². The highest BCUT2D eigenvalue weighted by Crippen LogP contribution is 2.33. The molecule has 0 bridgehead atoms. The number of para-hydroxylation sites is 2. The van der Waals surface area contributed by atoms with Crippen LogP contribution in [-0.4, -0.2) is 30.1 Å². The second-order valence-corrected chi connectivity index (χ2v) is 7.93. The van der Waals surface area contributed by atoms with Crippen molar-refractivity contribution in [2.45, 2.75) is 26.3 Å². The van der Waals surface area contributed by atoms with Crippen molar-refractivity contribution >= 4 is 22.6 Å². The number of nitrogens with zero attached hydrogens (tertiary/aromatic N) is 5. The molecule has 29 heavy (non-hydrogen) atoms. The second-order valence-electron chi connectivity index (χ2n) is 7.93. The summed E-state index contributed by atoms with van der Waals surface area (Å²) in [5, 5.41) is 8.08. The van der Waals surface area contributed by atoms with Gasteiger partial charge in [0, 0.05) is 29.7 Å². The molecule has 7 nitrogen and oxygen atoms in total. The molecule has 7 heteroatoms. The van der Waals surface area contributed by atoms with Crippen molar-refractivity contribution < 1.29 is 4.42 Å². The van der Waals surface area contributed by atoms with Gasteiger partial charge < -0.3 is 9.73 Å². The van der Waals surface area contributed by atoms with Crippen molar-refractivity contribution in [1.82, 2.24) is 24.6 Å². The zero-order chi connectivity index (χ0) is 20.0. The van der Waals surface area contributed by atoms with Gasteiger partial charge in [-0.25, -0.2) is 19.5 Å². The van der Waals surface area contributed by atoms with Crippen LogP contribution in [0, 0.1) is 0 Å². The zero-order valence-electron chi connectivity index (χ0n) is 16.4. The lowest BCUT2D eigenvalue weighted by Gasteiger charge is -2.22. The van der Waals surface area contributed by atoms with Crippen LogP contribution in [-0.2, 0) is 0 Å². The topological polar surface area (TPSA) is 81.1 Å². The molecule has 1 aromatic carbocycles. The molecular weight excluding hydrogens is 364 g/mol. The molecule has 0 aliphatic heterocycles. The van der Waals surface area contributed by atoms with Gasteiger partial charge in [-0.1, -0.05) is 12.1 Å². The molecule has 0 aliphatic rings. The van der Waals surface area contributed by atoms with Crippen molar-refractivity contribution in [3.63, 3.8) is 0 Å². The summed E-state index contributed by atoms with van der Waals surface area (Å²) in [4.78, 5) is 13.6. The predicted molar refractivity (Wildman–Crippen MR) is 113 cm³/mol. The molecule has 0 radical (unpaired) electrons. The van der Waals surface area contributed by atoms with E-state index in [4.69, 9.17) is 4.42 Å². The van der Waals surface area contributed by atoms with Crippen molar-refractivity contribution in [1.29, 1.82) is 0 Å². The molecule has 0 saturated heterocycles. The molecule has 0 atom stereocenters. The number of imidazole rings is 1. The van der Waals surface area contributed by atoms with Crippen molar-refractivity contribution in [2.75, 3.05) is 5.32 Å². The first-order valence-electron chi connectivity index (χ1n) is 9.41. The molecule has 4 aromatic heterocycles. The molecule has 144 valence electrons. The van der Waals surface area contributed by atoms with Gasteiger partial charge in [0.2, 0.25) is 5.89 Å². The van der Waals surface area contributed by atoms with Gasteiger partial charge in [-0.2, -0.15) is 5.10 Å². The summed E-state index contributed by atoms with van der Waals surface area (Å²) >= 11 is 0. The van der Waals surface area contributed by atoms with E-state index in [1.807, 2.05) is 54.9 Å². The van der Waals surface area contributed by atoms with Crippen LogP contribution in [0.5, 0.6) is 0 Å². The van der Waals surface area contributed by atoms with E-state index in [1.54, 1.807) is 10.7 Å². The van der Waals surface area contributed by atoms with Crippen LogP contribution >= 0.6 is 0 Å². The van der Waals surface area contributed by atoms with Crippen molar-refractivity contribution in [3.05, 3.63) is 61.1 Å². The number of benzene rings is 1. The minimum Gasteiger partial charge on any atom is -0.436 e. The van der Waals surface area contributed by atoms with E-state index in [-0.39, 0.29) is 5.54 Å². The summed E-state index contributed by atoms with van der Waals surface area (Å²) in [5.74, 6) is 1.24. The molecule has 5 rings (SSSR count). The lowest BCUT2D eigenvalue weighted by molar-refractivity contribution is 0.614. The Morgan fingerprint density at radius 3 is 2.72 bits per heavy atom. The van der Waals surface area contributed by atoms with E-state index in [9.17, 15) is 0 Å². The van der Waals surface area contributed by atoms with Crippen LogP contribution in [0.4, 0.5) is 5.82 Å². The number of fused-ring (bicyclic) bond motifs is 2. The Balaban J connectivity index is 1.67. The molecule has 0 unspecified atom stereocenters. The van der Waals surface area contributed by atoms with Gasteiger partial charge in [0.1, 0.15) is 11.3 Å². The Morgan fingerprint density at radius 2 is 1.90 bits per heavy atom. The zero-order valence-corrected chi connectivity index (χ0v) is 16.4. The fourth-order valence-electron chi connectivity index (χ4n) is 3.18. The number of aromatic nitrogens is 5. The van der Waals surface area contributed by atoms with Gasteiger partial charge in [-0.05, 0) is 51.1 Å². The SMILES string of the molecule is CC(C)(C)Nc1ncc(-c2ccc3nccn3n2)cc1-c1nc2ccccc2o1. The summed E-state index contributed by atoms with van der Waals surface area (Å²) in [6, 6.07) is 13.6. The van der Waals surface area contributed by atoms with E-state index in [1.165, 1.54) is 0 Å². The third kappa shape index (κ3) is 3.31. The fraction of sp³-hybridized carbons (Fsp3) is 0.182. The minimum atomic E-state index is -0.163. The molecular formula is C22H20N6O. The number of hydrogen-bond acceptors (Lipinski definition) is 6. The number of anilines is 1. The maximum Gasteiger partial charge on any atom is 0.231 e. The van der Waals surface area contributed by atoms with Crippen LogP contribution in [0.25, 0.3) is 39.5 Å². The summed E-state index contributed by atoms with van der Waals surface area (Å²) in [6.45, 7) is 6.27. The quantitative estimate of drug-likeness (QED) is 0.481. The summed E-state index contributed by atoms with van der Waals surface area (Å²) in [6.07, 6.45) is 5.36. The monoisotopic (exact) mass is 384 g/mol. The molecule has 0 fully saturated rings. The molecule has 0 aliphatic carbocycles. The predicted octanol–water partition coefficient (Wildman–Crippen LogP) is 4.81. The van der Waals surface area contributed by atoms with Crippen molar-refractivity contribution in [3.8, 4) is 22.7 Å². The Kier molecular flexibility index (Phi) is 3.84. The number of oxazole rings is 1. The Morgan fingerprint density at radius 1 is 1.03 bits per heavy atom. The van der Waals surface area contributed by atoms with E-state index >= 15 is 0 Å². The molecule has 5 aromatic rings. The lowest BCUT2D eigenvalue weighted by Crippen LogP contribution is -2.27. The average Bonchev–Trinajstić information content (AvgIpc) is 3.33. The van der Waals surface area contributed by atoms with Gasteiger partial charge in [0.05, 0.1) is 11.3 Å². The van der Waals surface area contributed by atoms with Gasteiger partial charge in [-0.15, -0.1) is 0 Å². The lowest BCUT2D eigenvalue weighted by atomic mass is 10.1. The number of hydrogen-bond donors (Lipinski definition) is 1. The number of nitrogens with one attached hydrogen (secondary N) is 1. The van der Waals surface area contributed by atoms with E-state index in [0.29, 0.717) is 5.89 Å². The fourth-order valence-corrected chi connectivity index (χ4v) is 3.18. The first-order chi connectivity index (χ1) is 14.0. The number of rotatable bonds is 3. The molecule has 0 saturated carbocycles. The molecule has 0 spiro atoms. The Hall–Kier alpha value is -3.74. The summed E-state index contributed by atoms with van der Waals surface area (Å²) in [7, 11) is 0. The van der Waals surface area contributed by atoms with Crippen LogP contribution < -0.4 is 5.32 Å². The minimum absolute atomic E-state index is 0.163. The van der Waals surface area contributed by atoms with Crippen LogP contribution in [0.2, 0.25) is 0 Å². The van der Waals surface area contributed by atoms with Crippen molar-refractivity contribution in [2.24, 2.45) is 0 Å². The van der Waals surface area contributed by atoms with Gasteiger partial charge in [-0.3, -0.25) is 0 Å². The highest BCUT2D eigenvalue weighted by Gasteiger charge is 2.19. The highest BCUT2D eigenvalue weighted by molar-refractivity contribution is 5.81. The smallest absolute Gasteiger partial charge is 0.231 e. The van der Waals surface area contributed by atoms with Crippen LogP contribution in [0.15, 0.2) is 65.5 Å². The molecule has 0 amide bonds. The Bertz CT molecular complexity index is 1300. The largest absolute Gasteiger partial charge is 0.436 e. The second kappa shape index (κ2) is 6.41. The third-order valence-electron chi connectivity index (χ3n) is 4.46. The maximum absolute atomic E-state index is 6.03. The maximum atomic E-state index is 6.03. The summed E-state index contributed by atoms with van der Waals surface area (Å²) in [5.41, 5.74) is 4.65. The first kappa shape index (κ1) is 17.4. The Labute approximate surface area is 167 Å². The average molecular weight is 384 g/mol.